The van der Waals surface area contributed by atoms with Gasteiger partial charge in [0.2, 0.25) is 0 Å². The Bertz CT molecular complexity index is 414. The van der Waals surface area contributed by atoms with Crippen molar-refractivity contribution in [1.82, 2.24) is 0 Å². The second-order valence-corrected chi connectivity index (χ2v) is 4.79. The van der Waals surface area contributed by atoms with Gasteiger partial charge in [-0.05, 0) is 25.0 Å². The number of rotatable bonds is 3. The summed E-state index contributed by atoms with van der Waals surface area (Å²) in [4.78, 5) is 11.9. The van der Waals surface area contributed by atoms with E-state index in [1.165, 1.54) is 7.11 Å². The molecule has 0 saturated heterocycles. The van der Waals surface area contributed by atoms with Gasteiger partial charge in [-0.15, -0.1) is 0 Å². The van der Waals surface area contributed by atoms with Crippen LogP contribution in [-0.2, 0) is 9.53 Å². The summed E-state index contributed by atoms with van der Waals surface area (Å²) in [6.45, 7) is 0. The molecule has 0 heterocycles. The van der Waals surface area contributed by atoms with Gasteiger partial charge in [0.1, 0.15) is 5.54 Å². The number of ether oxygens (including phenoxy) is 1. The van der Waals surface area contributed by atoms with Crippen LogP contribution in [0.4, 0.5) is 5.69 Å². The fourth-order valence-electron chi connectivity index (χ4n) is 2.37. The molecule has 92 valence electrons. The lowest BCUT2D eigenvalue weighted by atomic mass is 9.97. The lowest BCUT2D eigenvalue weighted by Gasteiger charge is -2.28. The molecule has 0 spiro atoms. The van der Waals surface area contributed by atoms with Gasteiger partial charge >= 0.3 is 5.97 Å². The summed E-state index contributed by atoms with van der Waals surface area (Å²) in [6.07, 6.45) is 3.66. The van der Waals surface area contributed by atoms with Crippen molar-refractivity contribution in [3.8, 4) is 0 Å². The van der Waals surface area contributed by atoms with Crippen LogP contribution in [0.15, 0.2) is 24.3 Å². The first-order valence-electron chi connectivity index (χ1n) is 5.79. The number of benzene rings is 1. The summed E-state index contributed by atoms with van der Waals surface area (Å²) < 4.78 is 4.91. The summed E-state index contributed by atoms with van der Waals surface area (Å²) in [7, 11) is 1.43. The van der Waals surface area contributed by atoms with Gasteiger partial charge in [-0.1, -0.05) is 36.6 Å². The van der Waals surface area contributed by atoms with Gasteiger partial charge in [0.15, 0.2) is 0 Å². The van der Waals surface area contributed by atoms with Gasteiger partial charge in [-0.25, -0.2) is 4.79 Å². The van der Waals surface area contributed by atoms with E-state index in [1.807, 2.05) is 24.3 Å². The highest BCUT2D eigenvalue weighted by atomic mass is 35.5. The van der Waals surface area contributed by atoms with Crippen molar-refractivity contribution in [1.29, 1.82) is 0 Å². The molecular weight excluding hydrogens is 238 g/mol. The van der Waals surface area contributed by atoms with Crippen LogP contribution in [0.3, 0.4) is 0 Å². The molecule has 0 radical (unpaired) electrons. The first-order valence-corrected chi connectivity index (χ1v) is 6.17. The van der Waals surface area contributed by atoms with Crippen LogP contribution in [-0.4, -0.2) is 18.6 Å². The molecule has 0 aliphatic heterocycles. The molecule has 1 N–H and O–H groups in total. The number of esters is 1. The first kappa shape index (κ1) is 12.2. The zero-order valence-electron chi connectivity index (χ0n) is 9.83. The second-order valence-electron chi connectivity index (χ2n) is 4.39. The van der Waals surface area contributed by atoms with Crippen LogP contribution in [0.2, 0.25) is 5.02 Å². The Balaban J connectivity index is 2.25. The third kappa shape index (κ3) is 2.39. The molecule has 1 aliphatic carbocycles. The van der Waals surface area contributed by atoms with Gasteiger partial charge in [0.05, 0.1) is 17.8 Å². The van der Waals surface area contributed by atoms with Crippen molar-refractivity contribution in [3.63, 3.8) is 0 Å². The Labute approximate surface area is 106 Å². The van der Waals surface area contributed by atoms with Crippen molar-refractivity contribution < 1.29 is 9.53 Å². The monoisotopic (exact) mass is 253 g/mol. The van der Waals surface area contributed by atoms with Crippen LogP contribution < -0.4 is 5.32 Å². The Morgan fingerprint density at radius 3 is 2.59 bits per heavy atom. The van der Waals surface area contributed by atoms with Gasteiger partial charge in [-0.3, -0.25) is 0 Å². The number of carbonyl (C=O) groups is 1. The van der Waals surface area contributed by atoms with Crippen molar-refractivity contribution >= 4 is 23.3 Å². The van der Waals surface area contributed by atoms with Crippen molar-refractivity contribution in [2.24, 2.45) is 0 Å². The van der Waals surface area contributed by atoms with Crippen LogP contribution >= 0.6 is 11.6 Å². The van der Waals surface area contributed by atoms with Crippen LogP contribution in [0, 0.1) is 0 Å². The maximum atomic E-state index is 11.9. The topological polar surface area (TPSA) is 38.3 Å². The van der Waals surface area contributed by atoms with Crippen molar-refractivity contribution in [2.45, 2.75) is 31.2 Å². The van der Waals surface area contributed by atoms with E-state index < -0.39 is 5.54 Å². The minimum atomic E-state index is -0.597. The third-order valence-corrected chi connectivity index (χ3v) is 3.61. The quantitative estimate of drug-likeness (QED) is 0.841. The number of carbonyl (C=O) groups excluding carboxylic acids is 1. The summed E-state index contributed by atoms with van der Waals surface area (Å²) in [5.41, 5.74) is 0.196. The molecule has 1 aromatic carbocycles. The number of methoxy groups -OCH3 is 1. The fourth-order valence-corrected chi connectivity index (χ4v) is 2.56. The van der Waals surface area contributed by atoms with Crippen LogP contribution in [0.5, 0.6) is 0 Å². The molecular formula is C13H16ClNO2. The SMILES string of the molecule is COC(=O)C1(Nc2ccccc2Cl)CCCC1. The standard InChI is InChI=1S/C13H16ClNO2/c1-17-12(16)13(8-4-5-9-13)15-11-7-3-2-6-10(11)14/h2-3,6-7,15H,4-5,8-9H2,1H3. The average molecular weight is 254 g/mol. The smallest absolute Gasteiger partial charge is 0.331 e. The zero-order valence-corrected chi connectivity index (χ0v) is 10.6. The van der Waals surface area contributed by atoms with E-state index >= 15 is 0 Å². The normalized spacial score (nSPS) is 17.8. The van der Waals surface area contributed by atoms with Gasteiger partial charge in [-0.2, -0.15) is 0 Å². The van der Waals surface area contributed by atoms with Gasteiger partial charge in [0.25, 0.3) is 0 Å². The molecule has 1 fully saturated rings. The summed E-state index contributed by atoms with van der Waals surface area (Å²) >= 11 is 6.10. The van der Waals surface area contributed by atoms with E-state index in [1.54, 1.807) is 0 Å². The zero-order chi connectivity index (χ0) is 12.3. The molecule has 0 amide bonds. The van der Waals surface area contributed by atoms with Crippen LogP contribution in [0.1, 0.15) is 25.7 Å². The Morgan fingerprint density at radius 1 is 1.35 bits per heavy atom. The molecule has 4 heteroatoms. The molecule has 1 aromatic rings. The first-order chi connectivity index (χ1) is 8.18. The molecule has 3 nitrogen and oxygen atoms in total. The predicted octanol–water partition coefficient (Wildman–Crippen LogP) is 3.24. The van der Waals surface area contributed by atoms with Crippen molar-refractivity contribution in [2.75, 3.05) is 12.4 Å². The molecule has 17 heavy (non-hydrogen) atoms. The van der Waals surface area contributed by atoms with Gasteiger partial charge < -0.3 is 10.1 Å². The summed E-state index contributed by atoms with van der Waals surface area (Å²) in [5.74, 6) is -0.199. The lowest BCUT2D eigenvalue weighted by molar-refractivity contribution is -0.145. The Hall–Kier alpha value is -1.22. The summed E-state index contributed by atoms with van der Waals surface area (Å²) in [5, 5.41) is 3.89. The minimum Gasteiger partial charge on any atom is -0.467 e. The van der Waals surface area contributed by atoms with E-state index in [0.29, 0.717) is 5.02 Å². The largest absolute Gasteiger partial charge is 0.467 e. The number of halogens is 1. The molecule has 1 aliphatic rings. The van der Waals surface area contributed by atoms with E-state index in [-0.39, 0.29) is 5.97 Å². The average Bonchev–Trinajstić information content (AvgIpc) is 2.81. The maximum absolute atomic E-state index is 11.9. The minimum absolute atomic E-state index is 0.199. The molecule has 0 aromatic heterocycles. The van der Waals surface area contributed by atoms with Crippen LogP contribution in [0.25, 0.3) is 0 Å². The number of para-hydroxylation sites is 1. The molecule has 1 saturated carbocycles. The Morgan fingerprint density at radius 2 is 2.00 bits per heavy atom. The number of hydrogen-bond acceptors (Lipinski definition) is 3. The second kappa shape index (κ2) is 4.96. The number of anilines is 1. The van der Waals surface area contributed by atoms with Gasteiger partial charge in [0, 0.05) is 0 Å². The highest BCUT2D eigenvalue weighted by molar-refractivity contribution is 6.33. The molecule has 0 bridgehead atoms. The highest BCUT2D eigenvalue weighted by Crippen LogP contribution is 2.36. The van der Waals surface area contributed by atoms with E-state index in [0.717, 1.165) is 31.4 Å². The molecule has 0 atom stereocenters. The number of hydrogen-bond donors (Lipinski definition) is 1. The maximum Gasteiger partial charge on any atom is 0.331 e. The lowest BCUT2D eigenvalue weighted by Crippen LogP contribution is -2.44. The third-order valence-electron chi connectivity index (χ3n) is 3.28. The molecule has 0 unspecified atom stereocenters. The van der Waals surface area contributed by atoms with E-state index in [2.05, 4.69) is 5.32 Å². The Kier molecular flexibility index (Phi) is 3.57. The highest BCUT2D eigenvalue weighted by Gasteiger charge is 2.42. The predicted molar refractivity (Wildman–Crippen MR) is 68.3 cm³/mol. The molecule has 2 rings (SSSR count). The number of nitrogens with one attached hydrogen (secondary N) is 1. The van der Waals surface area contributed by atoms with E-state index in [9.17, 15) is 4.79 Å². The summed E-state index contributed by atoms with van der Waals surface area (Å²) in [6, 6.07) is 7.45. The fraction of sp³-hybridized carbons (Fsp3) is 0.462. The van der Waals surface area contributed by atoms with Crippen molar-refractivity contribution in [3.05, 3.63) is 29.3 Å². The van der Waals surface area contributed by atoms with E-state index in [4.69, 9.17) is 16.3 Å².